The van der Waals surface area contributed by atoms with Crippen LogP contribution < -0.4 is 5.32 Å². The molecule has 0 saturated heterocycles. The van der Waals surface area contributed by atoms with Crippen molar-refractivity contribution in [1.82, 2.24) is 9.97 Å². The Labute approximate surface area is 136 Å². The van der Waals surface area contributed by atoms with E-state index in [0.717, 1.165) is 28.7 Å². The third kappa shape index (κ3) is 3.97. The van der Waals surface area contributed by atoms with Crippen LogP contribution >= 0.6 is 15.9 Å². The molecule has 21 heavy (non-hydrogen) atoms. The van der Waals surface area contributed by atoms with Gasteiger partial charge in [-0.05, 0) is 59.4 Å². The van der Waals surface area contributed by atoms with Gasteiger partial charge in [-0.1, -0.05) is 26.7 Å². The molecular weight excluding hydrogens is 326 g/mol. The van der Waals surface area contributed by atoms with E-state index in [4.69, 9.17) is 4.98 Å². The number of nitrogens with zero attached hydrogens (tertiary/aromatic N) is 2. The largest absolute Gasteiger partial charge is 0.369 e. The summed E-state index contributed by atoms with van der Waals surface area (Å²) < 4.78 is 0.909. The normalized spacial score (nSPS) is 21.0. The molecule has 0 aromatic carbocycles. The van der Waals surface area contributed by atoms with Crippen LogP contribution in [0.1, 0.15) is 70.5 Å². The zero-order chi connectivity index (χ0) is 14.9. The van der Waals surface area contributed by atoms with Crippen LogP contribution in [0.3, 0.4) is 0 Å². The number of nitrogens with one attached hydrogen (secondary N) is 1. The molecule has 2 aliphatic carbocycles. The van der Waals surface area contributed by atoms with Crippen LogP contribution in [0.2, 0.25) is 0 Å². The summed E-state index contributed by atoms with van der Waals surface area (Å²) in [4.78, 5) is 9.22. The molecule has 0 atom stereocenters. The van der Waals surface area contributed by atoms with E-state index in [0.29, 0.717) is 11.3 Å². The Balaban J connectivity index is 1.68. The Kier molecular flexibility index (Phi) is 4.53. The van der Waals surface area contributed by atoms with Crippen molar-refractivity contribution in [3.05, 3.63) is 16.5 Å². The highest BCUT2D eigenvalue weighted by molar-refractivity contribution is 9.10. The van der Waals surface area contributed by atoms with Crippen molar-refractivity contribution in [1.29, 1.82) is 0 Å². The molecule has 4 heteroatoms. The summed E-state index contributed by atoms with van der Waals surface area (Å²) in [6, 6.07) is 2.02. The highest BCUT2D eigenvalue weighted by Gasteiger charge is 2.34. The first-order chi connectivity index (χ1) is 10.1. The van der Waals surface area contributed by atoms with E-state index in [1.807, 2.05) is 6.07 Å². The van der Waals surface area contributed by atoms with Crippen LogP contribution in [0.4, 0.5) is 5.82 Å². The zero-order valence-corrected chi connectivity index (χ0v) is 14.7. The Morgan fingerprint density at radius 2 is 2.00 bits per heavy atom. The van der Waals surface area contributed by atoms with Crippen LogP contribution in [-0.4, -0.2) is 16.5 Å². The van der Waals surface area contributed by atoms with Gasteiger partial charge in [-0.25, -0.2) is 9.97 Å². The van der Waals surface area contributed by atoms with Crippen molar-refractivity contribution in [2.75, 3.05) is 11.9 Å². The van der Waals surface area contributed by atoms with E-state index in [-0.39, 0.29) is 0 Å². The van der Waals surface area contributed by atoms with Gasteiger partial charge in [-0.2, -0.15) is 0 Å². The van der Waals surface area contributed by atoms with Crippen molar-refractivity contribution in [3.8, 4) is 0 Å². The van der Waals surface area contributed by atoms with Gasteiger partial charge in [0.05, 0.1) is 0 Å². The fourth-order valence-corrected chi connectivity index (χ4v) is 4.17. The molecule has 3 nitrogen and oxygen atoms in total. The Morgan fingerprint density at radius 3 is 2.62 bits per heavy atom. The lowest BCUT2D eigenvalue weighted by Gasteiger charge is -2.31. The van der Waals surface area contributed by atoms with Crippen LogP contribution in [0.25, 0.3) is 0 Å². The zero-order valence-electron chi connectivity index (χ0n) is 13.2. The Bertz CT molecular complexity index is 491. The summed E-state index contributed by atoms with van der Waals surface area (Å²) in [6.07, 6.45) is 9.30. The number of aromatic nitrogens is 2. The second-order valence-electron chi connectivity index (χ2n) is 7.37. The van der Waals surface area contributed by atoms with E-state index < -0.39 is 0 Å². The smallest absolute Gasteiger partial charge is 0.135 e. The van der Waals surface area contributed by atoms with Crippen molar-refractivity contribution >= 4 is 21.7 Å². The molecule has 0 aliphatic heterocycles. The first-order valence-electron chi connectivity index (χ1n) is 8.35. The molecule has 0 bridgehead atoms. The number of halogens is 1. The number of anilines is 1. The molecule has 0 unspecified atom stereocenters. The summed E-state index contributed by atoms with van der Waals surface area (Å²) in [5.74, 6) is 3.37. The van der Waals surface area contributed by atoms with E-state index in [1.54, 1.807) is 0 Å². The molecule has 3 rings (SSSR count). The first-order valence-corrected chi connectivity index (χ1v) is 9.14. The number of hydrogen-bond donors (Lipinski definition) is 1. The quantitative estimate of drug-likeness (QED) is 0.721. The van der Waals surface area contributed by atoms with Gasteiger partial charge in [0.2, 0.25) is 0 Å². The Hall–Kier alpha value is -0.640. The molecule has 0 spiro atoms. The van der Waals surface area contributed by atoms with Gasteiger partial charge in [0.15, 0.2) is 0 Å². The fourth-order valence-electron chi connectivity index (χ4n) is 3.77. The summed E-state index contributed by atoms with van der Waals surface area (Å²) in [7, 11) is 0. The van der Waals surface area contributed by atoms with Gasteiger partial charge in [-0.3, -0.25) is 0 Å². The van der Waals surface area contributed by atoms with Crippen LogP contribution in [0.15, 0.2) is 10.7 Å². The maximum Gasteiger partial charge on any atom is 0.135 e. The highest BCUT2D eigenvalue weighted by atomic mass is 79.9. The monoisotopic (exact) mass is 351 g/mol. The third-order valence-electron chi connectivity index (χ3n) is 4.80. The minimum Gasteiger partial charge on any atom is -0.369 e. The van der Waals surface area contributed by atoms with Crippen molar-refractivity contribution < 1.29 is 0 Å². The lowest BCUT2D eigenvalue weighted by atomic mass is 9.78. The molecule has 2 saturated carbocycles. The summed E-state index contributed by atoms with van der Waals surface area (Å²) in [5, 5.41) is 3.62. The van der Waals surface area contributed by atoms with Crippen LogP contribution in [-0.2, 0) is 0 Å². The maximum absolute atomic E-state index is 4.71. The van der Waals surface area contributed by atoms with Crippen LogP contribution in [0.5, 0.6) is 0 Å². The lowest BCUT2D eigenvalue weighted by molar-refractivity contribution is 0.252. The minimum absolute atomic E-state index is 0.478. The molecule has 116 valence electrons. The van der Waals surface area contributed by atoms with E-state index in [1.165, 1.54) is 44.9 Å². The number of rotatable bonds is 6. The molecular formula is C17H26BrN3. The molecule has 2 fully saturated rings. The maximum atomic E-state index is 4.71. The van der Waals surface area contributed by atoms with Gasteiger partial charge in [0.1, 0.15) is 16.2 Å². The summed E-state index contributed by atoms with van der Waals surface area (Å²) in [5.41, 5.74) is 0.478. The molecule has 0 amide bonds. The fraction of sp³-hybridized carbons (Fsp3) is 0.765. The molecule has 1 aromatic rings. The lowest BCUT2D eigenvalue weighted by Crippen LogP contribution is -2.28. The average Bonchev–Trinajstić information content (AvgIpc) is 3.17. The van der Waals surface area contributed by atoms with Crippen molar-refractivity contribution in [2.24, 2.45) is 11.3 Å². The molecule has 0 radical (unpaired) electrons. The molecule has 1 N–H and O–H groups in total. The molecule has 1 heterocycles. The Morgan fingerprint density at radius 1 is 1.29 bits per heavy atom. The van der Waals surface area contributed by atoms with Gasteiger partial charge in [0, 0.05) is 18.5 Å². The van der Waals surface area contributed by atoms with Gasteiger partial charge in [-0.15, -0.1) is 0 Å². The van der Waals surface area contributed by atoms with E-state index in [2.05, 4.69) is 40.1 Å². The van der Waals surface area contributed by atoms with Crippen molar-refractivity contribution in [3.63, 3.8) is 0 Å². The predicted octanol–water partition coefficient (Wildman–Crippen LogP) is 5.13. The van der Waals surface area contributed by atoms with E-state index in [9.17, 15) is 0 Å². The predicted molar refractivity (Wildman–Crippen MR) is 90.6 cm³/mol. The average molecular weight is 352 g/mol. The minimum atomic E-state index is 0.478. The second-order valence-corrected chi connectivity index (χ2v) is 8.18. The van der Waals surface area contributed by atoms with Crippen molar-refractivity contribution in [2.45, 2.75) is 64.7 Å². The van der Waals surface area contributed by atoms with E-state index >= 15 is 0 Å². The topological polar surface area (TPSA) is 37.8 Å². The third-order valence-corrected chi connectivity index (χ3v) is 5.21. The standard InChI is InChI=1S/C17H26BrN3/c1-12(2)10-17(7-3-4-8-17)11-19-15-9-14(18)20-16(21-15)13-5-6-13/h9,12-13H,3-8,10-11H2,1-2H3,(H,19,20,21). The first kappa shape index (κ1) is 15.3. The molecule has 2 aliphatic rings. The number of hydrogen-bond acceptors (Lipinski definition) is 3. The van der Waals surface area contributed by atoms with Crippen LogP contribution in [0, 0.1) is 11.3 Å². The highest BCUT2D eigenvalue weighted by Crippen LogP contribution is 2.43. The summed E-state index contributed by atoms with van der Waals surface area (Å²) >= 11 is 3.53. The molecule has 1 aromatic heterocycles. The SMILES string of the molecule is CC(C)CC1(CNc2cc(Br)nc(C3CC3)n2)CCCC1. The summed E-state index contributed by atoms with van der Waals surface area (Å²) in [6.45, 7) is 5.73. The van der Waals surface area contributed by atoms with Gasteiger partial charge >= 0.3 is 0 Å². The van der Waals surface area contributed by atoms with Gasteiger partial charge < -0.3 is 5.32 Å². The van der Waals surface area contributed by atoms with Gasteiger partial charge in [0.25, 0.3) is 0 Å². The second kappa shape index (κ2) is 6.23.